The van der Waals surface area contributed by atoms with E-state index >= 15 is 0 Å². The standard InChI is InChI=1S/C10H12BrF2NO2/c1-2-15-8-4-6(5-14)3-7(11)9(8)16-10(12)13/h3-4,10H,2,5,14H2,1H3. The first-order valence-electron chi connectivity index (χ1n) is 4.68. The van der Waals surface area contributed by atoms with Crippen molar-refractivity contribution in [2.24, 2.45) is 5.73 Å². The Labute approximate surface area is 101 Å². The van der Waals surface area contributed by atoms with Crippen LogP contribution in [-0.4, -0.2) is 13.2 Å². The molecule has 1 aromatic rings. The molecule has 6 heteroatoms. The molecule has 0 spiro atoms. The van der Waals surface area contributed by atoms with Gasteiger partial charge in [0, 0.05) is 6.54 Å². The van der Waals surface area contributed by atoms with Crippen LogP contribution in [0.15, 0.2) is 16.6 Å². The van der Waals surface area contributed by atoms with E-state index < -0.39 is 6.61 Å². The van der Waals surface area contributed by atoms with Gasteiger partial charge < -0.3 is 15.2 Å². The van der Waals surface area contributed by atoms with E-state index in [0.717, 1.165) is 5.56 Å². The summed E-state index contributed by atoms with van der Waals surface area (Å²) in [6.45, 7) is -0.470. The number of ether oxygens (including phenoxy) is 2. The first kappa shape index (κ1) is 13.2. The normalized spacial score (nSPS) is 10.6. The Kier molecular flexibility index (Phi) is 4.95. The minimum Gasteiger partial charge on any atom is -0.490 e. The molecule has 0 radical (unpaired) electrons. The monoisotopic (exact) mass is 295 g/mol. The van der Waals surface area contributed by atoms with Gasteiger partial charge in [0.15, 0.2) is 11.5 Å². The van der Waals surface area contributed by atoms with E-state index in [-0.39, 0.29) is 11.5 Å². The van der Waals surface area contributed by atoms with Crippen LogP contribution in [0.1, 0.15) is 12.5 Å². The summed E-state index contributed by atoms with van der Waals surface area (Å²) in [5.41, 5.74) is 6.24. The van der Waals surface area contributed by atoms with E-state index in [1.807, 2.05) is 0 Å². The molecule has 0 aromatic heterocycles. The van der Waals surface area contributed by atoms with Crippen LogP contribution in [0.4, 0.5) is 8.78 Å². The molecule has 0 saturated carbocycles. The lowest BCUT2D eigenvalue weighted by molar-refractivity contribution is -0.0519. The van der Waals surface area contributed by atoms with Gasteiger partial charge in [-0.1, -0.05) is 0 Å². The molecule has 1 aromatic carbocycles. The molecule has 0 aliphatic rings. The number of nitrogens with two attached hydrogens (primary N) is 1. The van der Waals surface area contributed by atoms with Crippen molar-refractivity contribution in [1.82, 2.24) is 0 Å². The van der Waals surface area contributed by atoms with Gasteiger partial charge in [0.1, 0.15) is 0 Å². The second-order valence-corrected chi connectivity index (χ2v) is 3.77. The van der Waals surface area contributed by atoms with Crippen molar-refractivity contribution in [3.8, 4) is 11.5 Å². The molecule has 0 amide bonds. The average Bonchev–Trinajstić information content (AvgIpc) is 2.22. The van der Waals surface area contributed by atoms with E-state index in [4.69, 9.17) is 10.5 Å². The van der Waals surface area contributed by atoms with Crippen LogP contribution in [0.3, 0.4) is 0 Å². The third kappa shape index (κ3) is 3.31. The Morgan fingerprint density at radius 3 is 2.62 bits per heavy atom. The quantitative estimate of drug-likeness (QED) is 0.908. The van der Waals surface area contributed by atoms with E-state index in [0.29, 0.717) is 17.6 Å². The summed E-state index contributed by atoms with van der Waals surface area (Å²) in [5, 5.41) is 0. The van der Waals surface area contributed by atoms with Gasteiger partial charge >= 0.3 is 6.61 Å². The molecular weight excluding hydrogens is 284 g/mol. The molecule has 1 rings (SSSR count). The Morgan fingerprint density at radius 1 is 1.44 bits per heavy atom. The van der Waals surface area contributed by atoms with Crippen LogP contribution < -0.4 is 15.2 Å². The van der Waals surface area contributed by atoms with Gasteiger partial charge in [-0.15, -0.1) is 0 Å². The highest BCUT2D eigenvalue weighted by molar-refractivity contribution is 9.10. The smallest absolute Gasteiger partial charge is 0.387 e. The van der Waals surface area contributed by atoms with Crippen molar-refractivity contribution in [3.63, 3.8) is 0 Å². The van der Waals surface area contributed by atoms with Crippen molar-refractivity contribution < 1.29 is 18.3 Å². The molecule has 3 nitrogen and oxygen atoms in total. The minimum atomic E-state index is -2.89. The van der Waals surface area contributed by atoms with Crippen molar-refractivity contribution in [2.75, 3.05) is 6.61 Å². The van der Waals surface area contributed by atoms with Crippen LogP contribution in [0.5, 0.6) is 11.5 Å². The predicted octanol–water partition coefficient (Wildman–Crippen LogP) is 2.91. The number of rotatable bonds is 5. The van der Waals surface area contributed by atoms with Gasteiger partial charge in [-0.25, -0.2) is 0 Å². The third-order valence-corrected chi connectivity index (χ3v) is 2.40. The maximum absolute atomic E-state index is 12.2. The predicted molar refractivity (Wildman–Crippen MR) is 59.8 cm³/mol. The fourth-order valence-electron chi connectivity index (χ4n) is 1.21. The van der Waals surface area contributed by atoms with E-state index in [2.05, 4.69) is 20.7 Å². The van der Waals surface area contributed by atoms with E-state index in [9.17, 15) is 8.78 Å². The molecule has 0 aliphatic carbocycles. The van der Waals surface area contributed by atoms with Crippen molar-refractivity contribution in [2.45, 2.75) is 20.1 Å². The molecule has 90 valence electrons. The summed E-state index contributed by atoms with van der Waals surface area (Å²) in [7, 11) is 0. The molecule has 16 heavy (non-hydrogen) atoms. The molecule has 0 unspecified atom stereocenters. The zero-order chi connectivity index (χ0) is 12.1. The fourth-order valence-corrected chi connectivity index (χ4v) is 1.79. The topological polar surface area (TPSA) is 44.5 Å². The lowest BCUT2D eigenvalue weighted by Gasteiger charge is -2.14. The van der Waals surface area contributed by atoms with Gasteiger partial charge in [0.2, 0.25) is 0 Å². The molecule has 0 heterocycles. The lowest BCUT2D eigenvalue weighted by Crippen LogP contribution is -2.06. The number of alkyl halides is 2. The zero-order valence-electron chi connectivity index (χ0n) is 8.67. The van der Waals surface area contributed by atoms with Gasteiger partial charge in [-0.3, -0.25) is 0 Å². The highest BCUT2D eigenvalue weighted by atomic mass is 79.9. The second-order valence-electron chi connectivity index (χ2n) is 2.92. The molecule has 0 fully saturated rings. The molecule has 0 aliphatic heterocycles. The number of benzene rings is 1. The molecule has 0 saturated heterocycles. The van der Waals surface area contributed by atoms with Gasteiger partial charge in [-0.05, 0) is 40.5 Å². The summed E-state index contributed by atoms with van der Waals surface area (Å²) in [4.78, 5) is 0. The van der Waals surface area contributed by atoms with Crippen LogP contribution >= 0.6 is 15.9 Å². The fraction of sp³-hybridized carbons (Fsp3) is 0.400. The van der Waals surface area contributed by atoms with E-state index in [1.165, 1.54) is 0 Å². The Hall–Kier alpha value is -0.880. The van der Waals surface area contributed by atoms with Crippen molar-refractivity contribution in [1.29, 1.82) is 0 Å². The maximum Gasteiger partial charge on any atom is 0.387 e. The first-order chi connectivity index (χ1) is 7.58. The Balaban J connectivity index is 3.11. The third-order valence-electron chi connectivity index (χ3n) is 1.81. The van der Waals surface area contributed by atoms with E-state index in [1.54, 1.807) is 19.1 Å². The van der Waals surface area contributed by atoms with Crippen LogP contribution in [0.25, 0.3) is 0 Å². The number of halogens is 3. The second kappa shape index (κ2) is 6.00. The molecule has 0 bridgehead atoms. The number of hydrogen-bond donors (Lipinski definition) is 1. The maximum atomic E-state index is 12.2. The zero-order valence-corrected chi connectivity index (χ0v) is 10.3. The van der Waals surface area contributed by atoms with Crippen molar-refractivity contribution >= 4 is 15.9 Å². The SMILES string of the molecule is CCOc1cc(CN)cc(Br)c1OC(F)F. The first-order valence-corrected chi connectivity index (χ1v) is 5.47. The minimum absolute atomic E-state index is 0.00551. The van der Waals surface area contributed by atoms with Gasteiger partial charge in [0.25, 0.3) is 0 Å². The van der Waals surface area contributed by atoms with Gasteiger partial charge in [-0.2, -0.15) is 8.78 Å². The van der Waals surface area contributed by atoms with Gasteiger partial charge in [0.05, 0.1) is 11.1 Å². The van der Waals surface area contributed by atoms with Crippen LogP contribution in [0.2, 0.25) is 0 Å². The summed E-state index contributed by atoms with van der Waals surface area (Å²) >= 11 is 3.14. The molecular formula is C10H12BrF2NO2. The highest BCUT2D eigenvalue weighted by Crippen LogP contribution is 2.37. The Bertz CT molecular complexity index is 361. The number of hydrogen-bond acceptors (Lipinski definition) is 3. The highest BCUT2D eigenvalue weighted by Gasteiger charge is 2.15. The molecule has 2 N–H and O–H groups in total. The summed E-state index contributed by atoms with van der Waals surface area (Å²) < 4.78 is 34.4. The van der Waals surface area contributed by atoms with Crippen LogP contribution in [0, 0.1) is 0 Å². The van der Waals surface area contributed by atoms with Crippen LogP contribution in [-0.2, 0) is 6.54 Å². The molecule has 0 atom stereocenters. The summed E-state index contributed by atoms with van der Waals surface area (Å²) in [6, 6.07) is 3.21. The van der Waals surface area contributed by atoms with Crippen molar-refractivity contribution in [3.05, 3.63) is 22.2 Å². The Morgan fingerprint density at radius 2 is 2.12 bits per heavy atom. The lowest BCUT2D eigenvalue weighted by atomic mass is 10.2. The summed E-state index contributed by atoms with van der Waals surface area (Å²) in [6.07, 6.45) is 0. The largest absolute Gasteiger partial charge is 0.490 e. The average molecular weight is 296 g/mol. The summed E-state index contributed by atoms with van der Waals surface area (Å²) in [5.74, 6) is 0.256.